The van der Waals surface area contributed by atoms with E-state index in [-0.39, 0.29) is 12.0 Å². The minimum Gasteiger partial charge on any atom is -0.509 e. The Kier molecular flexibility index (Phi) is 4.71. The molecular formula is C12H16O3. The van der Waals surface area contributed by atoms with Crippen LogP contribution in [0.5, 0.6) is 0 Å². The molecule has 0 radical (unpaired) electrons. The Balaban J connectivity index is 2.53. The Morgan fingerprint density at radius 1 is 1.47 bits per heavy atom. The second-order valence-corrected chi connectivity index (χ2v) is 3.19. The lowest BCUT2D eigenvalue weighted by Crippen LogP contribution is -2.09. The van der Waals surface area contributed by atoms with E-state index in [0.29, 0.717) is 5.76 Å². The predicted molar refractivity (Wildman–Crippen MR) is 59.2 cm³/mol. The van der Waals surface area contributed by atoms with Crippen LogP contribution in [-0.4, -0.2) is 18.0 Å². The van der Waals surface area contributed by atoms with Crippen molar-refractivity contribution >= 4 is 0 Å². The number of allylic oxidation sites excluding steroid dienone is 4. The summed E-state index contributed by atoms with van der Waals surface area (Å²) in [6, 6.07) is 0. The maximum atomic E-state index is 8.91. The molecule has 0 aliphatic carbocycles. The molecule has 15 heavy (non-hydrogen) atoms. The van der Waals surface area contributed by atoms with Crippen molar-refractivity contribution in [1.82, 2.24) is 0 Å². The van der Waals surface area contributed by atoms with Gasteiger partial charge in [-0.25, -0.2) is 0 Å². The van der Waals surface area contributed by atoms with Gasteiger partial charge < -0.3 is 14.6 Å². The van der Waals surface area contributed by atoms with Crippen molar-refractivity contribution in [3.63, 3.8) is 0 Å². The Morgan fingerprint density at radius 2 is 2.27 bits per heavy atom. The van der Waals surface area contributed by atoms with E-state index in [9.17, 15) is 0 Å². The van der Waals surface area contributed by atoms with Crippen molar-refractivity contribution in [2.45, 2.75) is 19.1 Å². The molecule has 0 aromatic rings. The molecule has 1 fully saturated rings. The number of aliphatic hydroxyl groups is 1. The first kappa shape index (κ1) is 11.6. The first-order chi connectivity index (χ1) is 7.22. The van der Waals surface area contributed by atoms with E-state index >= 15 is 0 Å². The van der Waals surface area contributed by atoms with Gasteiger partial charge in [0.25, 0.3) is 0 Å². The highest BCUT2D eigenvalue weighted by molar-refractivity contribution is 5.22. The Labute approximate surface area is 90.0 Å². The lowest BCUT2D eigenvalue weighted by Gasteiger charge is -2.12. The molecule has 0 spiro atoms. The third-order valence-electron chi connectivity index (χ3n) is 1.88. The molecule has 0 unspecified atom stereocenters. The molecule has 0 aromatic heterocycles. The number of aliphatic hydroxyl groups excluding tert-OH is 1. The summed E-state index contributed by atoms with van der Waals surface area (Å²) in [5.74, 6) is 0.591. The van der Waals surface area contributed by atoms with Gasteiger partial charge in [-0.2, -0.15) is 0 Å². The van der Waals surface area contributed by atoms with E-state index in [1.165, 1.54) is 6.08 Å². The summed E-state index contributed by atoms with van der Waals surface area (Å²) >= 11 is 0. The summed E-state index contributed by atoms with van der Waals surface area (Å²) < 4.78 is 10.9. The fraction of sp³-hybridized carbons (Fsp3) is 0.333. The molecule has 1 aliphatic heterocycles. The lowest BCUT2D eigenvalue weighted by atomic mass is 10.3. The zero-order valence-corrected chi connectivity index (χ0v) is 8.69. The van der Waals surface area contributed by atoms with Crippen LogP contribution in [0, 0.1) is 0 Å². The minimum atomic E-state index is -0.187. The van der Waals surface area contributed by atoms with Crippen LogP contribution >= 0.6 is 0 Å². The molecule has 0 bridgehead atoms. The summed E-state index contributed by atoms with van der Waals surface area (Å²) in [6.45, 7) is 7.67. The molecule has 3 heteroatoms. The Hall–Kier alpha value is -1.48. The van der Waals surface area contributed by atoms with Gasteiger partial charge in [0.1, 0.15) is 11.5 Å². The Bertz CT molecular complexity index is 283. The number of hydrogen-bond donors (Lipinski definition) is 1. The van der Waals surface area contributed by atoms with Crippen LogP contribution in [0.3, 0.4) is 0 Å². The molecule has 3 nitrogen and oxygen atoms in total. The summed E-state index contributed by atoms with van der Waals surface area (Å²) in [5.41, 5.74) is 0. The van der Waals surface area contributed by atoms with Gasteiger partial charge in [0.2, 0.25) is 0 Å². The van der Waals surface area contributed by atoms with Gasteiger partial charge in [-0.1, -0.05) is 19.2 Å². The van der Waals surface area contributed by atoms with Crippen LogP contribution in [0.25, 0.3) is 0 Å². The van der Waals surface area contributed by atoms with Crippen LogP contribution in [-0.2, 0) is 9.47 Å². The Morgan fingerprint density at radius 3 is 2.80 bits per heavy atom. The van der Waals surface area contributed by atoms with Crippen molar-refractivity contribution < 1.29 is 14.6 Å². The number of rotatable bonds is 5. The lowest BCUT2D eigenvalue weighted by molar-refractivity contribution is -0.0764. The topological polar surface area (TPSA) is 38.7 Å². The van der Waals surface area contributed by atoms with E-state index in [1.807, 2.05) is 0 Å². The van der Waals surface area contributed by atoms with Crippen molar-refractivity contribution in [2.24, 2.45) is 0 Å². The van der Waals surface area contributed by atoms with Crippen molar-refractivity contribution in [1.29, 1.82) is 0 Å². The maximum Gasteiger partial charge on any atom is 0.199 e. The molecule has 1 atom stereocenters. The second-order valence-electron chi connectivity index (χ2n) is 3.19. The van der Waals surface area contributed by atoms with Crippen molar-refractivity contribution in [2.75, 3.05) is 6.61 Å². The summed E-state index contributed by atoms with van der Waals surface area (Å²) in [5, 5.41) is 8.91. The van der Waals surface area contributed by atoms with Gasteiger partial charge in [-0.15, -0.1) is 0 Å². The van der Waals surface area contributed by atoms with Crippen LogP contribution in [0.2, 0.25) is 0 Å². The third-order valence-corrected chi connectivity index (χ3v) is 1.88. The molecular weight excluding hydrogens is 192 g/mol. The van der Waals surface area contributed by atoms with Crippen LogP contribution in [0.4, 0.5) is 0 Å². The highest BCUT2D eigenvalue weighted by Gasteiger charge is 2.16. The van der Waals surface area contributed by atoms with Gasteiger partial charge in [-0.3, -0.25) is 0 Å². The first-order valence-electron chi connectivity index (χ1n) is 4.89. The highest BCUT2D eigenvalue weighted by Crippen LogP contribution is 2.17. The molecule has 0 aromatic carbocycles. The van der Waals surface area contributed by atoms with E-state index in [2.05, 4.69) is 13.2 Å². The normalized spacial score (nSPS) is 21.9. The average Bonchev–Trinajstić information content (AvgIpc) is 2.67. The standard InChI is InChI=1S/C12H16O3/c1-3-5-11(8-7-10(2)13)15-12-6-4-9-14-12/h3,5,7-8,12-13H,1-2,4,6,9H2/b8-7-,11-5+/t12-/m0/s1. The largest absolute Gasteiger partial charge is 0.509 e. The molecule has 1 N–H and O–H groups in total. The highest BCUT2D eigenvalue weighted by atomic mass is 16.7. The summed E-state index contributed by atoms with van der Waals surface area (Å²) in [7, 11) is 0. The van der Waals surface area contributed by atoms with Crippen LogP contribution < -0.4 is 0 Å². The van der Waals surface area contributed by atoms with E-state index < -0.39 is 0 Å². The van der Waals surface area contributed by atoms with E-state index in [0.717, 1.165) is 19.4 Å². The molecule has 0 amide bonds. The van der Waals surface area contributed by atoms with Gasteiger partial charge >= 0.3 is 0 Å². The molecule has 0 saturated carbocycles. The molecule has 1 rings (SSSR count). The first-order valence-corrected chi connectivity index (χ1v) is 4.89. The fourth-order valence-electron chi connectivity index (χ4n) is 1.22. The smallest absolute Gasteiger partial charge is 0.199 e. The summed E-state index contributed by atoms with van der Waals surface area (Å²) in [4.78, 5) is 0. The van der Waals surface area contributed by atoms with Crippen molar-refractivity contribution in [3.8, 4) is 0 Å². The summed E-state index contributed by atoms with van der Waals surface area (Å²) in [6.07, 6.45) is 8.14. The molecule has 1 aliphatic rings. The second kappa shape index (κ2) is 6.09. The fourth-order valence-corrected chi connectivity index (χ4v) is 1.22. The monoisotopic (exact) mass is 208 g/mol. The molecule has 1 saturated heterocycles. The van der Waals surface area contributed by atoms with Crippen molar-refractivity contribution in [3.05, 3.63) is 49.0 Å². The average molecular weight is 208 g/mol. The molecule has 82 valence electrons. The van der Waals surface area contributed by atoms with Gasteiger partial charge in [0, 0.05) is 6.42 Å². The van der Waals surface area contributed by atoms with E-state index in [4.69, 9.17) is 14.6 Å². The van der Waals surface area contributed by atoms with Crippen LogP contribution in [0.15, 0.2) is 49.0 Å². The van der Waals surface area contributed by atoms with Gasteiger partial charge in [-0.05, 0) is 24.6 Å². The van der Waals surface area contributed by atoms with Crippen LogP contribution in [0.1, 0.15) is 12.8 Å². The number of ether oxygens (including phenoxy) is 2. The number of hydrogen-bond acceptors (Lipinski definition) is 3. The SMILES string of the molecule is C=C/C=C(\C=C/C(=C)O)O[C@H]1CCCO1. The maximum absolute atomic E-state index is 8.91. The van der Waals surface area contributed by atoms with Gasteiger partial charge in [0.15, 0.2) is 6.29 Å². The third kappa shape index (κ3) is 4.51. The zero-order chi connectivity index (χ0) is 11.1. The zero-order valence-electron chi connectivity index (χ0n) is 8.69. The predicted octanol–water partition coefficient (Wildman–Crippen LogP) is 2.84. The van der Waals surface area contributed by atoms with Gasteiger partial charge in [0.05, 0.1) is 6.61 Å². The minimum absolute atomic E-state index is 0.0131. The quantitative estimate of drug-likeness (QED) is 0.557. The van der Waals surface area contributed by atoms with E-state index in [1.54, 1.807) is 18.2 Å². The molecule has 1 heterocycles.